The Balaban J connectivity index is 2.22. The molecule has 20 heavy (non-hydrogen) atoms. The van der Waals surface area contributed by atoms with Gasteiger partial charge in [0.1, 0.15) is 0 Å². The molecule has 1 heterocycles. The summed E-state index contributed by atoms with van der Waals surface area (Å²) in [5.74, 6) is 0. The van der Waals surface area contributed by atoms with E-state index in [1.165, 1.54) is 12.4 Å². The lowest BCUT2D eigenvalue weighted by Gasteiger charge is -2.12. The number of sulfonamides is 1. The van der Waals surface area contributed by atoms with Crippen LogP contribution in [0.4, 0.5) is 5.69 Å². The standard InChI is InChI=1S/C14H17N3O2S/c1-11(15-2)12-3-5-14(6-4-12)20(18,19)17-13-7-9-16-10-8-13/h3-11,15H,1-2H3,(H,16,17). The van der Waals surface area contributed by atoms with Crippen LogP contribution in [0.25, 0.3) is 0 Å². The van der Waals surface area contributed by atoms with Gasteiger partial charge in [-0.3, -0.25) is 9.71 Å². The molecule has 2 rings (SSSR count). The molecule has 0 bridgehead atoms. The van der Waals surface area contributed by atoms with E-state index in [2.05, 4.69) is 15.0 Å². The minimum absolute atomic E-state index is 0.180. The molecule has 0 fully saturated rings. The predicted molar refractivity (Wildman–Crippen MR) is 79.0 cm³/mol. The lowest BCUT2D eigenvalue weighted by atomic mass is 10.1. The first-order chi connectivity index (χ1) is 9.53. The maximum atomic E-state index is 12.2. The minimum Gasteiger partial charge on any atom is -0.313 e. The topological polar surface area (TPSA) is 71.1 Å². The lowest BCUT2D eigenvalue weighted by molar-refractivity contribution is 0.601. The van der Waals surface area contributed by atoms with Crippen LogP contribution in [0.3, 0.4) is 0 Å². The molecule has 0 aliphatic heterocycles. The Kier molecular flexibility index (Phi) is 4.36. The third-order valence-corrected chi connectivity index (χ3v) is 4.45. The van der Waals surface area contributed by atoms with E-state index in [9.17, 15) is 8.42 Å². The number of aromatic nitrogens is 1. The Morgan fingerprint density at radius 3 is 2.20 bits per heavy atom. The summed E-state index contributed by atoms with van der Waals surface area (Å²) in [5, 5.41) is 3.11. The summed E-state index contributed by atoms with van der Waals surface area (Å²) >= 11 is 0. The second-order valence-corrected chi connectivity index (χ2v) is 6.10. The molecule has 0 radical (unpaired) electrons. The predicted octanol–water partition coefficient (Wildman–Crippen LogP) is 2.16. The number of nitrogens with one attached hydrogen (secondary N) is 2. The van der Waals surface area contributed by atoms with Gasteiger partial charge in [-0.25, -0.2) is 8.42 Å². The molecule has 1 aromatic carbocycles. The zero-order chi connectivity index (χ0) is 14.6. The maximum absolute atomic E-state index is 12.2. The van der Waals surface area contributed by atoms with E-state index in [-0.39, 0.29) is 10.9 Å². The second kappa shape index (κ2) is 6.02. The van der Waals surface area contributed by atoms with Gasteiger partial charge in [-0.1, -0.05) is 12.1 Å². The van der Waals surface area contributed by atoms with Crippen molar-refractivity contribution in [2.24, 2.45) is 0 Å². The average Bonchev–Trinajstić information content (AvgIpc) is 2.47. The summed E-state index contributed by atoms with van der Waals surface area (Å²) in [6.07, 6.45) is 3.07. The van der Waals surface area contributed by atoms with Crippen molar-refractivity contribution in [1.29, 1.82) is 0 Å². The van der Waals surface area contributed by atoms with Gasteiger partial charge in [0.15, 0.2) is 0 Å². The van der Waals surface area contributed by atoms with Gasteiger partial charge in [0.05, 0.1) is 10.6 Å². The molecule has 0 aliphatic rings. The molecular formula is C14H17N3O2S. The molecule has 0 amide bonds. The molecule has 2 N–H and O–H groups in total. The van der Waals surface area contributed by atoms with Crippen molar-refractivity contribution in [3.8, 4) is 0 Å². The molecule has 0 aliphatic carbocycles. The first-order valence-electron chi connectivity index (χ1n) is 6.23. The van der Waals surface area contributed by atoms with Crippen molar-refractivity contribution in [2.75, 3.05) is 11.8 Å². The van der Waals surface area contributed by atoms with E-state index in [0.717, 1.165) is 5.56 Å². The van der Waals surface area contributed by atoms with E-state index >= 15 is 0 Å². The second-order valence-electron chi connectivity index (χ2n) is 4.42. The fraction of sp³-hybridized carbons (Fsp3) is 0.214. The number of anilines is 1. The fourth-order valence-corrected chi connectivity index (χ4v) is 2.79. The monoisotopic (exact) mass is 291 g/mol. The number of hydrogen-bond donors (Lipinski definition) is 2. The van der Waals surface area contributed by atoms with Crippen molar-refractivity contribution < 1.29 is 8.42 Å². The third-order valence-electron chi connectivity index (χ3n) is 3.06. The molecule has 1 atom stereocenters. The maximum Gasteiger partial charge on any atom is 0.261 e. The number of benzene rings is 1. The highest BCUT2D eigenvalue weighted by atomic mass is 32.2. The molecule has 1 unspecified atom stereocenters. The summed E-state index contributed by atoms with van der Waals surface area (Å²) in [6, 6.07) is 10.2. The minimum atomic E-state index is -3.56. The Hall–Kier alpha value is -1.92. The molecule has 2 aromatic rings. The van der Waals surface area contributed by atoms with Gasteiger partial charge < -0.3 is 5.32 Å². The highest BCUT2D eigenvalue weighted by molar-refractivity contribution is 7.92. The van der Waals surface area contributed by atoms with Gasteiger partial charge in [0.2, 0.25) is 0 Å². The summed E-state index contributed by atoms with van der Waals surface area (Å²) < 4.78 is 26.9. The van der Waals surface area contributed by atoms with E-state index < -0.39 is 10.0 Å². The van der Waals surface area contributed by atoms with Gasteiger partial charge >= 0.3 is 0 Å². The molecule has 0 spiro atoms. The lowest BCUT2D eigenvalue weighted by Crippen LogP contribution is -2.14. The Labute approximate surface area is 119 Å². The van der Waals surface area contributed by atoms with Crippen molar-refractivity contribution >= 4 is 15.7 Å². The fourth-order valence-electron chi connectivity index (χ4n) is 1.74. The molecule has 6 heteroatoms. The van der Waals surface area contributed by atoms with Crippen LogP contribution in [0.1, 0.15) is 18.5 Å². The summed E-state index contributed by atoms with van der Waals surface area (Å²) in [7, 11) is -1.70. The Bertz CT molecular complexity index is 655. The van der Waals surface area contributed by atoms with Gasteiger partial charge in [0, 0.05) is 18.4 Å². The van der Waals surface area contributed by atoms with Gasteiger partial charge in [-0.2, -0.15) is 0 Å². The quantitative estimate of drug-likeness (QED) is 0.885. The average molecular weight is 291 g/mol. The molecule has 0 saturated heterocycles. The zero-order valence-corrected chi connectivity index (χ0v) is 12.2. The highest BCUT2D eigenvalue weighted by Gasteiger charge is 2.14. The van der Waals surface area contributed by atoms with Crippen LogP contribution in [0.2, 0.25) is 0 Å². The van der Waals surface area contributed by atoms with Gasteiger partial charge in [0.25, 0.3) is 10.0 Å². The van der Waals surface area contributed by atoms with Crippen LogP contribution in [0.5, 0.6) is 0 Å². The largest absolute Gasteiger partial charge is 0.313 e. The molecule has 106 valence electrons. The summed E-state index contributed by atoms with van der Waals surface area (Å²) in [4.78, 5) is 4.08. The van der Waals surface area contributed by atoms with Crippen LogP contribution < -0.4 is 10.0 Å². The van der Waals surface area contributed by atoms with Crippen molar-refractivity contribution in [3.05, 3.63) is 54.4 Å². The molecule has 5 nitrogen and oxygen atoms in total. The number of pyridine rings is 1. The summed E-state index contributed by atoms with van der Waals surface area (Å²) in [5.41, 5.74) is 1.53. The van der Waals surface area contributed by atoms with Crippen LogP contribution in [0.15, 0.2) is 53.7 Å². The van der Waals surface area contributed by atoms with Crippen molar-refractivity contribution in [1.82, 2.24) is 10.3 Å². The van der Waals surface area contributed by atoms with Crippen LogP contribution in [-0.2, 0) is 10.0 Å². The number of rotatable bonds is 5. The van der Waals surface area contributed by atoms with Crippen LogP contribution in [-0.4, -0.2) is 20.4 Å². The molecule has 1 aromatic heterocycles. The Morgan fingerprint density at radius 1 is 1.05 bits per heavy atom. The molecular weight excluding hydrogens is 274 g/mol. The first-order valence-corrected chi connectivity index (χ1v) is 7.71. The highest BCUT2D eigenvalue weighted by Crippen LogP contribution is 2.18. The number of nitrogens with zero attached hydrogens (tertiary/aromatic N) is 1. The van der Waals surface area contributed by atoms with Gasteiger partial charge in [-0.15, -0.1) is 0 Å². The molecule has 0 saturated carbocycles. The van der Waals surface area contributed by atoms with Crippen LogP contribution in [0, 0.1) is 0 Å². The van der Waals surface area contributed by atoms with E-state index in [1.807, 2.05) is 26.1 Å². The van der Waals surface area contributed by atoms with Crippen molar-refractivity contribution in [3.63, 3.8) is 0 Å². The Morgan fingerprint density at radius 2 is 1.65 bits per heavy atom. The summed E-state index contributed by atoms with van der Waals surface area (Å²) in [6.45, 7) is 2.01. The normalized spacial score (nSPS) is 12.9. The number of hydrogen-bond acceptors (Lipinski definition) is 4. The van der Waals surface area contributed by atoms with E-state index in [4.69, 9.17) is 0 Å². The third kappa shape index (κ3) is 3.34. The first kappa shape index (κ1) is 14.5. The van der Waals surface area contributed by atoms with Gasteiger partial charge in [-0.05, 0) is 43.8 Å². The van der Waals surface area contributed by atoms with E-state index in [1.54, 1.807) is 24.3 Å². The van der Waals surface area contributed by atoms with E-state index in [0.29, 0.717) is 5.69 Å². The SMILES string of the molecule is CNC(C)c1ccc(S(=O)(=O)Nc2ccncc2)cc1. The van der Waals surface area contributed by atoms with Crippen LogP contribution >= 0.6 is 0 Å². The van der Waals surface area contributed by atoms with Crippen molar-refractivity contribution in [2.45, 2.75) is 17.9 Å². The smallest absolute Gasteiger partial charge is 0.261 e. The zero-order valence-electron chi connectivity index (χ0n) is 11.4.